The second-order valence-corrected chi connectivity index (χ2v) is 6.00. The number of hydrogen-bond donors (Lipinski definition) is 1. The van der Waals surface area contributed by atoms with E-state index < -0.39 is 0 Å². The maximum Gasteiger partial charge on any atom is 0.240 e. The van der Waals surface area contributed by atoms with Crippen LogP contribution in [0.5, 0.6) is 0 Å². The van der Waals surface area contributed by atoms with E-state index in [-0.39, 0.29) is 6.04 Å². The van der Waals surface area contributed by atoms with Gasteiger partial charge < -0.3 is 15.0 Å². The second-order valence-electron chi connectivity index (χ2n) is 6.00. The molecule has 0 aromatic carbocycles. The summed E-state index contributed by atoms with van der Waals surface area (Å²) >= 11 is 0. The van der Waals surface area contributed by atoms with Crippen molar-refractivity contribution in [2.75, 3.05) is 26.8 Å². The lowest BCUT2D eigenvalue weighted by Gasteiger charge is -2.28. The Morgan fingerprint density at radius 2 is 2.17 bits per heavy atom. The van der Waals surface area contributed by atoms with Crippen LogP contribution in [0.4, 0.5) is 0 Å². The van der Waals surface area contributed by atoms with Crippen LogP contribution in [0.1, 0.15) is 32.1 Å². The van der Waals surface area contributed by atoms with Crippen molar-refractivity contribution >= 4 is 5.91 Å². The van der Waals surface area contributed by atoms with Gasteiger partial charge in [-0.1, -0.05) is 6.42 Å². The summed E-state index contributed by atoms with van der Waals surface area (Å²) in [6.07, 6.45) is 6.20. The van der Waals surface area contributed by atoms with Crippen molar-refractivity contribution < 1.29 is 9.53 Å². The van der Waals surface area contributed by atoms with Crippen LogP contribution < -0.4 is 5.32 Å². The molecule has 3 unspecified atom stereocenters. The minimum Gasteiger partial charge on any atom is -0.383 e. The summed E-state index contributed by atoms with van der Waals surface area (Å²) in [5, 5.41) is 3.47. The highest BCUT2D eigenvalue weighted by Gasteiger charge is 2.45. The SMILES string of the molecule is COCCN(C(=O)C1NCC2CCCC21)C1CC1. The van der Waals surface area contributed by atoms with Crippen LogP contribution in [0.25, 0.3) is 0 Å². The molecule has 1 heterocycles. The summed E-state index contributed by atoms with van der Waals surface area (Å²) in [5.41, 5.74) is 0. The van der Waals surface area contributed by atoms with Crippen LogP contribution in [0.2, 0.25) is 0 Å². The Kier molecular flexibility index (Phi) is 3.57. The molecule has 0 aromatic rings. The van der Waals surface area contributed by atoms with Gasteiger partial charge in [-0.25, -0.2) is 0 Å². The summed E-state index contributed by atoms with van der Waals surface area (Å²) < 4.78 is 5.14. The van der Waals surface area contributed by atoms with Crippen molar-refractivity contribution in [1.29, 1.82) is 0 Å². The summed E-state index contributed by atoms with van der Waals surface area (Å²) in [6.45, 7) is 2.46. The summed E-state index contributed by atoms with van der Waals surface area (Å²) in [5.74, 6) is 1.69. The van der Waals surface area contributed by atoms with Crippen LogP contribution in [0.3, 0.4) is 0 Å². The molecule has 3 rings (SSSR count). The molecule has 0 radical (unpaired) electrons. The van der Waals surface area contributed by atoms with Crippen molar-refractivity contribution in [1.82, 2.24) is 10.2 Å². The fourth-order valence-electron chi connectivity index (χ4n) is 3.69. The first-order valence-corrected chi connectivity index (χ1v) is 7.34. The maximum atomic E-state index is 12.7. The highest BCUT2D eigenvalue weighted by molar-refractivity contribution is 5.83. The predicted molar refractivity (Wildman–Crippen MR) is 69.2 cm³/mol. The largest absolute Gasteiger partial charge is 0.383 e. The van der Waals surface area contributed by atoms with Crippen molar-refractivity contribution in [3.8, 4) is 0 Å². The average Bonchev–Trinajstić information content (AvgIpc) is 2.95. The minimum absolute atomic E-state index is 0.0926. The molecule has 3 aliphatic rings. The monoisotopic (exact) mass is 252 g/mol. The lowest BCUT2D eigenvalue weighted by Crippen LogP contribution is -2.48. The first-order valence-electron chi connectivity index (χ1n) is 7.34. The Morgan fingerprint density at radius 3 is 2.89 bits per heavy atom. The molecule has 2 saturated carbocycles. The third-order valence-electron chi connectivity index (χ3n) is 4.82. The third kappa shape index (κ3) is 2.28. The number of hydrogen-bond acceptors (Lipinski definition) is 3. The Bertz CT molecular complexity index is 317. The van der Waals surface area contributed by atoms with Gasteiger partial charge in [0.25, 0.3) is 0 Å². The molecule has 1 N–H and O–H groups in total. The molecule has 2 aliphatic carbocycles. The molecule has 1 aliphatic heterocycles. The third-order valence-corrected chi connectivity index (χ3v) is 4.82. The maximum absolute atomic E-state index is 12.7. The molecule has 0 bridgehead atoms. The zero-order chi connectivity index (χ0) is 12.5. The Labute approximate surface area is 109 Å². The van der Waals surface area contributed by atoms with Gasteiger partial charge in [-0.2, -0.15) is 0 Å². The molecule has 1 amide bonds. The van der Waals surface area contributed by atoms with Gasteiger partial charge in [-0.15, -0.1) is 0 Å². The lowest BCUT2D eigenvalue weighted by atomic mass is 9.93. The fourth-order valence-corrected chi connectivity index (χ4v) is 3.69. The summed E-state index contributed by atoms with van der Waals surface area (Å²) in [4.78, 5) is 14.8. The molecule has 4 nitrogen and oxygen atoms in total. The smallest absolute Gasteiger partial charge is 0.240 e. The number of amides is 1. The van der Waals surface area contributed by atoms with Crippen molar-refractivity contribution in [3.05, 3.63) is 0 Å². The Balaban J connectivity index is 1.64. The number of fused-ring (bicyclic) bond motifs is 1. The molecule has 102 valence electrons. The quantitative estimate of drug-likeness (QED) is 0.794. The number of nitrogens with zero attached hydrogens (tertiary/aromatic N) is 1. The van der Waals surface area contributed by atoms with Crippen molar-refractivity contribution in [2.45, 2.75) is 44.2 Å². The number of ether oxygens (including phenoxy) is 1. The van der Waals surface area contributed by atoms with Gasteiger partial charge in [-0.3, -0.25) is 4.79 Å². The molecule has 3 atom stereocenters. The molecule has 1 saturated heterocycles. The van der Waals surface area contributed by atoms with Crippen LogP contribution in [-0.2, 0) is 9.53 Å². The lowest BCUT2D eigenvalue weighted by molar-refractivity contribution is -0.135. The molecule has 0 aromatic heterocycles. The first kappa shape index (κ1) is 12.4. The molecular weight excluding hydrogens is 228 g/mol. The minimum atomic E-state index is 0.0926. The predicted octanol–water partition coefficient (Wildman–Crippen LogP) is 1.01. The standard InChI is InChI=1S/C14H24N2O2/c1-18-8-7-16(11-5-6-11)14(17)13-12-4-2-3-10(12)9-15-13/h10-13,15H,2-9H2,1H3. The first-order chi connectivity index (χ1) is 8.81. The van der Waals surface area contributed by atoms with E-state index in [0.29, 0.717) is 24.5 Å². The number of rotatable bonds is 5. The van der Waals surface area contributed by atoms with Crippen LogP contribution in [-0.4, -0.2) is 49.7 Å². The molecule has 3 fully saturated rings. The van der Waals surface area contributed by atoms with Crippen molar-refractivity contribution in [3.63, 3.8) is 0 Å². The van der Waals surface area contributed by atoms with Gasteiger partial charge in [0.15, 0.2) is 0 Å². The van der Waals surface area contributed by atoms with Gasteiger partial charge in [0.05, 0.1) is 12.6 Å². The van der Waals surface area contributed by atoms with Gasteiger partial charge in [-0.05, 0) is 44.1 Å². The number of nitrogens with one attached hydrogen (secondary N) is 1. The van der Waals surface area contributed by atoms with E-state index >= 15 is 0 Å². The average molecular weight is 252 g/mol. The fraction of sp³-hybridized carbons (Fsp3) is 0.929. The van der Waals surface area contributed by atoms with E-state index in [0.717, 1.165) is 19.0 Å². The van der Waals surface area contributed by atoms with Gasteiger partial charge in [0, 0.05) is 19.7 Å². The van der Waals surface area contributed by atoms with E-state index in [9.17, 15) is 4.79 Å². The summed E-state index contributed by atoms with van der Waals surface area (Å²) in [6, 6.07) is 0.588. The highest BCUT2D eigenvalue weighted by atomic mass is 16.5. The normalized spacial score (nSPS) is 34.6. The van der Waals surface area contributed by atoms with Crippen LogP contribution in [0, 0.1) is 11.8 Å². The molecule has 0 spiro atoms. The Morgan fingerprint density at radius 1 is 1.33 bits per heavy atom. The topological polar surface area (TPSA) is 41.6 Å². The zero-order valence-corrected chi connectivity index (χ0v) is 11.2. The number of carbonyl (C=O) groups excluding carboxylic acids is 1. The molecular formula is C14H24N2O2. The van der Waals surface area contributed by atoms with Crippen LogP contribution >= 0.6 is 0 Å². The van der Waals surface area contributed by atoms with E-state index in [4.69, 9.17) is 4.74 Å². The molecule has 18 heavy (non-hydrogen) atoms. The van der Waals surface area contributed by atoms with E-state index in [2.05, 4.69) is 10.2 Å². The van der Waals surface area contributed by atoms with E-state index in [1.54, 1.807) is 7.11 Å². The summed E-state index contributed by atoms with van der Waals surface area (Å²) in [7, 11) is 1.70. The number of carbonyl (C=O) groups is 1. The molecule has 4 heteroatoms. The Hall–Kier alpha value is -0.610. The zero-order valence-electron chi connectivity index (χ0n) is 11.2. The van der Waals surface area contributed by atoms with Gasteiger partial charge in [0.2, 0.25) is 5.91 Å². The number of methoxy groups -OCH3 is 1. The highest BCUT2D eigenvalue weighted by Crippen LogP contribution is 2.39. The second kappa shape index (κ2) is 5.17. The van der Waals surface area contributed by atoms with E-state index in [1.807, 2.05) is 0 Å². The van der Waals surface area contributed by atoms with Gasteiger partial charge >= 0.3 is 0 Å². The van der Waals surface area contributed by atoms with Gasteiger partial charge in [0.1, 0.15) is 0 Å². The van der Waals surface area contributed by atoms with Crippen LogP contribution in [0.15, 0.2) is 0 Å². The van der Waals surface area contributed by atoms with Crippen molar-refractivity contribution in [2.24, 2.45) is 11.8 Å². The van der Waals surface area contributed by atoms with E-state index in [1.165, 1.54) is 32.1 Å².